The lowest BCUT2D eigenvalue weighted by molar-refractivity contribution is -0.137. The standard InChI is InChI=1S/C27H29ClFN3O6S/c1-4-31-16-24(27(30-31)37-5-2)39(35,36)32-15-19(10-12-25(33)34)38-23-11-9-18(14-22(23)32)13-17(3)26-20(28)7-6-8-21(26)29/h6-9,11,13-14,16,19H,4-5,10,12,15H2,1-3H3,(H,33,34)/b17-13+/t19-/m0/s1. The first-order chi connectivity index (χ1) is 18.5. The van der Waals surface area contributed by atoms with E-state index in [0.29, 0.717) is 17.7 Å². The first-order valence-electron chi connectivity index (χ1n) is 12.4. The van der Waals surface area contributed by atoms with Crippen LogP contribution in [0.15, 0.2) is 47.5 Å². The van der Waals surface area contributed by atoms with Crippen LogP contribution in [0.2, 0.25) is 5.02 Å². The van der Waals surface area contributed by atoms with Crippen molar-refractivity contribution in [3.05, 3.63) is 64.6 Å². The molecule has 1 aliphatic heterocycles. The van der Waals surface area contributed by atoms with Gasteiger partial charge in [0.1, 0.15) is 17.7 Å². The zero-order chi connectivity index (χ0) is 28.3. The van der Waals surface area contributed by atoms with Crippen LogP contribution in [-0.4, -0.2) is 48.5 Å². The number of aryl methyl sites for hydroxylation is 1. The molecule has 208 valence electrons. The predicted molar refractivity (Wildman–Crippen MR) is 146 cm³/mol. The second kappa shape index (κ2) is 11.7. The van der Waals surface area contributed by atoms with Crippen LogP contribution in [0.25, 0.3) is 11.6 Å². The number of allylic oxidation sites excluding steroid dienone is 1. The first-order valence-corrected chi connectivity index (χ1v) is 14.2. The molecule has 0 saturated heterocycles. The number of halogens is 2. The van der Waals surface area contributed by atoms with Gasteiger partial charge in [-0.1, -0.05) is 29.8 Å². The number of rotatable bonds is 10. The van der Waals surface area contributed by atoms with Gasteiger partial charge in [0.25, 0.3) is 15.9 Å². The summed E-state index contributed by atoms with van der Waals surface area (Å²) in [5, 5.41) is 13.7. The summed E-state index contributed by atoms with van der Waals surface area (Å²) in [5.74, 6) is -1.22. The topological polar surface area (TPSA) is 111 Å². The number of fused-ring (bicyclic) bond motifs is 1. The maximum absolute atomic E-state index is 14.5. The monoisotopic (exact) mass is 577 g/mol. The van der Waals surface area contributed by atoms with Gasteiger partial charge < -0.3 is 14.6 Å². The maximum atomic E-state index is 14.5. The molecule has 0 fully saturated rings. The molecule has 0 unspecified atom stereocenters. The van der Waals surface area contributed by atoms with Crippen molar-refractivity contribution in [1.29, 1.82) is 0 Å². The molecule has 9 nitrogen and oxygen atoms in total. The van der Waals surface area contributed by atoms with Crippen LogP contribution >= 0.6 is 11.6 Å². The molecule has 1 atom stereocenters. The number of carbonyl (C=O) groups is 1. The zero-order valence-corrected chi connectivity index (χ0v) is 23.3. The maximum Gasteiger partial charge on any atom is 0.303 e. The van der Waals surface area contributed by atoms with Crippen molar-refractivity contribution in [2.75, 3.05) is 17.5 Å². The Morgan fingerprint density at radius 3 is 2.74 bits per heavy atom. The van der Waals surface area contributed by atoms with Crippen molar-refractivity contribution >= 4 is 44.9 Å². The Labute approximate surface area is 231 Å². The van der Waals surface area contributed by atoms with E-state index in [4.69, 9.17) is 26.2 Å². The van der Waals surface area contributed by atoms with Crippen LogP contribution in [-0.2, 0) is 21.4 Å². The average molecular weight is 578 g/mol. The van der Waals surface area contributed by atoms with Gasteiger partial charge >= 0.3 is 5.97 Å². The van der Waals surface area contributed by atoms with Crippen LogP contribution in [0.1, 0.15) is 44.7 Å². The van der Waals surface area contributed by atoms with Crippen molar-refractivity contribution in [2.24, 2.45) is 0 Å². The van der Waals surface area contributed by atoms with Crippen LogP contribution in [0.4, 0.5) is 10.1 Å². The van der Waals surface area contributed by atoms with Crippen molar-refractivity contribution < 1.29 is 32.2 Å². The minimum Gasteiger partial charge on any atom is -0.486 e. The molecule has 0 spiro atoms. The Balaban J connectivity index is 1.81. The van der Waals surface area contributed by atoms with Crippen molar-refractivity contribution in [3.8, 4) is 11.6 Å². The van der Waals surface area contributed by atoms with Crippen molar-refractivity contribution in [2.45, 2.75) is 51.2 Å². The molecular formula is C27H29ClFN3O6S. The smallest absolute Gasteiger partial charge is 0.303 e. The molecule has 0 radical (unpaired) electrons. The third-order valence-electron chi connectivity index (χ3n) is 6.20. The summed E-state index contributed by atoms with van der Waals surface area (Å²) in [7, 11) is -4.20. The summed E-state index contributed by atoms with van der Waals surface area (Å²) >= 11 is 6.23. The van der Waals surface area contributed by atoms with Gasteiger partial charge in [-0.2, -0.15) is 0 Å². The molecule has 0 bridgehead atoms. The van der Waals surface area contributed by atoms with Crippen molar-refractivity contribution in [1.82, 2.24) is 9.78 Å². The van der Waals surface area contributed by atoms with E-state index in [1.165, 1.54) is 27.3 Å². The third kappa shape index (κ3) is 6.04. The molecule has 2 aromatic carbocycles. The average Bonchev–Trinajstić information content (AvgIpc) is 3.31. The Morgan fingerprint density at radius 2 is 2.08 bits per heavy atom. The molecule has 0 aliphatic carbocycles. The van der Waals surface area contributed by atoms with E-state index in [0.717, 1.165) is 0 Å². The molecule has 1 aromatic heterocycles. The lowest BCUT2D eigenvalue weighted by Gasteiger charge is -2.35. The van der Waals surface area contributed by atoms with E-state index >= 15 is 0 Å². The molecule has 0 amide bonds. The second-order valence-electron chi connectivity index (χ2n) is 8.95. The summed E-state index contributed by atoms with van der Waals surface area (Å²) < 4.78 is 56.8. The number of aliphatic carboxylic acids is 1. The SMILES string of the molecule is CCOc1nn(CC)cc1S(=O)(=O)N1C[C@H](CCC(=O)O)Oc2ccc(/C=C(\C)c3c(F)cccc3Cl)cc21. The number of sulfonamides is 1. The molecule has 12 heteroatoms. The van der Waals surface area contributed by atoms with Gasteiger partial charge in [0.15, 0.2) is 4.90 Å². The highest BCUT2D eigenvalue weighted by Gasteiger charge is 2.37. The van der Waals surface area contributed by atoms with Gasteiger partial charge in [0.2, 0.25) is 0 Å². The molecule has 1 aliphatic rings. The van der Waals surface area contributed by atoms with Crippen LogP contribution in [0.5, 0.6) is 11.6 Å². The predicted octanol–water partition coefficient (Wildman–Crippen LogP) is 5.48. The van der Waals surface area contributed by atoms with Crippen LogP contribution in [0, 0.1) is 5.82 Å². The number of anilines is 1. The Morgan fingerprint density at radius 1 is 1.31 bits per heavy atom. The van der Waals surface area contributed by atoms with E-state index in [2.05, 4.69) is 5.10 Å². The van der Waals surface area contributed by atoms with Gasteiger partial charge in [0, 0.05) is 24.7 Å². The summed E-state index contributed by atoms with van der Waals surface area (Å²) in [6.45, 7) is 5.81. The Kier molecular flexibility index (Phi) is 8.51. The summed E-state index contributed by atoms with van der Waals surface area (Å²) in [6, 6.07) is 9.38. The minimum atomic E-state index is -4.20. The fourth-order valence-electron chi connectivity index (χ4n) is 4.36. The van der Waals surface area contributed by atoms with Gasteiger partial charge in [-0.25, -0.2) is 12.8 Å². The quantitative estimate of drug-likeness (QED) is 0.318. The first kappa shape index (κ1) is 28.4. The fourth-order valence-corrected chi connectivity index (χ4v) is 6.25. The molecule has 39 heavy (non-hydrogen) atoms. The van der Waals surface area contributed by atoms with Gasteiger partial charge in [-0.15, -0.1) is 5.10 Å². The van der Waals surface area contributed by atoms with Crippen LogP contribution in [0.3, 0.4) is 0 Å². The molecule has 1 N–H and O–H groups in total. The van der Waals surface area contributed by atoms with Gasteiger partial charge in [0.05, 0.1) is 23.9 Å². The van der Waals surface area contributed by atoms with E-state index in [1.807, 2.05) is 6.92 Å². The fraction of sp³-hybridized carbons (Fsp3) is 0.333. The van der Waals surface area contributed by atoms with E-state index in [1.54, 1.807) is 44.2 Å². The normalized spacial score (nSPS) is 15.6. The number of hydrogen-bond acceptors (Lipinski definition) is 6. The number of aromatic nitrogens is 2. The third-order valence-corrected chi connectivity index (χ3v) is 8.28. The number of carboxylic acids is 1. The number of carboxylic acid groups (broad SMARTS) is 1. The van der Waals surface area contributed by atoms with Gasteiger partial charge in [-0.05, 0) is 62.6 Å². The molecule has 0 saturated carbocycles. The lowest BCUT2D eigenvalue weighted by Crippen LogP contribution is -2.43. The molecule has 4 rings (SSSR count). The summed E-state index contributed by atoms with van der Waals surface area (Å²) in [5.41, 5.74) is 1.65. The number of hydrogen-bond donors (Lipinski definition) is 1. The van der Waals surface area contributed by atoms with E-state index < -0.39 is 27.9 Å². The largest absolute Gasteiger partial charge is 0.486 e. The minimum absolute atomic E-state index is 0.0180. The zero-order valence-electron chi connectivity index (χ0n) is 21.7. The van der Waals surface area contributed by atoms with E-state index in [9.17, 15) is 17.6 Å². The highest BCUT2D eigenvalue weighted by molar-refractivity contribution is 7.93. The Hall–Kier alpha value is -3.57. The molecule has 3 aromatic rings. The molecule has 2 heterocycles. The molecular weight excluding hydrogens is 549 g/mol. The van der Waals surface area contributed by atoms with Gasteiger partial charge in [-0.3, -0.25) is 13.8 Å². The highest BCUT2D eigenvalue weighted by atomic mass is 35.5. The number of benzene rings is 2. The summed E-state index contributed by atoms with van der Waals surface area (Å²) in [6.07, 6.45) is 2.35. The second-order valence-corrected chi connectivity index (χ2v) is 11.2. The summed E-state index contributed by atoms with van der Waals surface area (Å²) in [4.78, 5) is 11.1. The number of ether oxygens (including phenoxy) is 2. The Bertz CT molecular complexity index is 1500. The van der Waals surface area contributed by atoms with Crippen LogP contribution < -0.4 is 13.8 Å². The van der Waals surface area contributed by atoms with E-state index in [-0.39, 0.29) is 58.8 Å². The highest BCUT2D eigenvalue weighted by Crippen LogP contribution is 2.41. The number of nitrogens with zero attached hydrogens (tertiary/aromatic N) is 3. The van der Waals surface area contributed by atoms with Crippen molar-refractivity contribution in [3.63, 3.8) is 0 Å². The lowest BCUT2D eigenvalue weighted by atomic mass is 10.0.